The first kappa shape index (κ1) is 32.6. The normalized spacial score (nSPS) is 13.4. The summed E-state index contributed by atoms with van der Waals surface area (Å²) >= 11 is 0. The molecule has 42 heavy (non-hydrogen) atoms. The third kappa shape index (κ3) is 8.57. The fourth-order valence-electron chi connectivity index (χ4n) is 4.99. The van der Waals surface area contributed by atoms with Crippen molar-refractivity contribution in [1.82, 2.24) is 10.2 Å². The van der Waals surface area contributed by atoms with Crippen LogP contribution in [0, 0.1) is 19.8 Å². The minimum atomic E-state index is -0.960. The Labute approximate surface area is 251 Å². The van der Waals surface area contributed by atoms with E-state index >= 15 is 0 Å². The summed E-state index contributed by atoms with van der Waals surface area (Å²) in [5.74, 6) is -0.585. The van der Waals surface area contributed by atoms with Crippen molar-refractivity contribution in [3.63, 3.8) is 0 Å². The van der Waals surface area contributed by atoms with Crippen molar-refractivity contribution in [3.05, 3.63) is 77.4 Å². The lowest BCUT2D eigenvalue weighted by Gasteiger charge is -2.43. The molecule has 0 saturated carbocycles. The van der Waals surface area contributed by atoms with Gasteiger partial charge in [-0.2, -0.15) is 0 Å². The van der Waals surface area contributed by atoms with Gasteiger partial charge in [0.05, 0.1) is 0 Å². The van der Waals surface area contributed by atoms with Crippen molar-refractivity contribution in [2.75, 3.05) is 5.32 Å². The number of rotatable bonds is 8. The van der Waals surface area contributed by atoms with Crippen molar-refractivity contribution in [3.8, 4) is 0 Å². The summed E-state index contributed by atoms with van der Waals surface area (Å²) in [6.45, 7) is 19.0. The van der Waals surface area contributed by atoms with Gasteiger partial charge in [0.15, 0.2) is 0 Å². The summed E-state index contributed by atoms with van der Waals surface area (Å²) in [5, 5.41) is 7.96. The maximum Gasteiger partial charge on any atom is 0.408 e. The molecule has 0 aromatic heterocycles. The van der Waals surface area contributed by atoms with Crippen molar-refractivity contribution in [1.29, 1.82) is 0 Å². The lowest BCUT2D eigenvalue weighted by atomic mass is 9.92. The van der Waals surface area contributed by atoms with Crippen LogP contribution in [0.5, 0.6) is 0 Å². The molecule has 7 nitrogen and oxygen atoms in total. The molecule has 0 aliphatic heterocycles. The maximum atomic E-state index is 14.5. The number of carbonyl (C=O) groups is 3. The molecule has 0 saturated heterocycles. The third-order valence-electron chi connectivity index (χ3n) is 7.03. The van der Waals surface area contributed by atoms with Gasteiger partial charge in [-0.15, -0.1) is 0 Å². The van der Waals surface area contributed by atoms with Crippen LogP contribution >= 0.6 is 0 Å². The van der Waals surface area contributed by atoms with Gasteiger partial charge in [0.1, 0.15) is 17.7 Å². The summed E-state index contributed by atoms with van der Waals surface area (Å²) in [6, 6.07) is 17.7. The summed E-state index contributed by atoms with van der Waals surface area (Å²) in [4.78, 5) is 43.2. The Balaban J connectivity index is 2.09. The van der Waals surface area contributed by atoms with E-state index in [1.54, 1.807) is 25.7 Å². The predicted octanol–water partition coefficient (Wildman–Crippen LogP) is 7.70. The second kappa shape index (κ2) is 13.0. The highest BCUT2D eigenvalue weighted by Crippen LogP contribution is 2.33. The highest BCUT2D eigenvalue weighted by atomic mass is 16.6. The number of anilines is 1. The number of nitrogens with zero attached hydrogens (tertiary/aromatic N) is 1. The van der Waals surface area contributed by atoms with Gasteiger partial charge in [0.25, 0.3) is 5.91 Å². The molecule has 226 valence electrons. The first-order valence-corrected chi connectivity index (χ1v) is 14.7. The molecule has 7 heteroatoms. The van der Waals surface area contributed by atoms with Crippen LogP contribution in [0.1, 0.15) is 84.5 Å². The number of hydrogen-bond acceptors (Lipinski definition) is 4. The molecule has 0 spiro atoms. The van der Waals surface area contributed by atoms with Crippen LogP contribution < -0.4 is 10.6 Å². The zero-order chi connectivity index (χ0) is 31.4. The van der Waals surface area contributed by atoms with E-state index in [9.17, 15) is 14.4 Å². The SMILES string of the molecule is Cc1ccc(C(C(=O)Nc2ccc3ccccc3c2)N(C(=O)C(CC(C)C)NC(=O)OC(C)(C)C)C(C)(C)C)cc1C. The largest absolute Gasteiger partial charge is 0.444 e. The number of carbonyl (C=O) groups excluding carboxylic acids is 3. The van der Waals surface area contributed by atoms with E-state index in [-0.39, 0.29) is 17.7 Å². The van der Waals surface area contributed by atoms with Crippen molar-refractivity contribution < 1.29 is 19.1 Å². The van der Waals surface area contributed by atoms with Crippen molar-refractivity contribution >= 4 is 34.4 Å². The van der Waals surface area contributed by atoms with Gasteiger partial charge in [-0.1, -0.05) is 62.4 Å². The van der Waals surface area contributed by atoms with E-state index in [1.165, 1.54) is 0 Å². The molecular weight excluding hydrogens is 526 g/mol. The van der Waals surface area contributed by atoms with E-state index in [1.807, 2.05) is 109 Å². The number of ether oxygens (including phenoxy) is 1. The van der Waals surface area contributed by atoms with Gasteiger partial charge >= 0.3 is 6.09 Å². The lowest BCUT2D eigenvalue weighted by molar-refractivity contribution is -0.147. The molecule has 0 bridgehead atoms. The van der Waals surface area contributed by atoms with Gasteiger partial charge in [-0.05, 0) is 107 Å². The number of hydrogen-bond donors (Lipinski definition) is 2. The zero-order valence-electron chi connectivity index (χ0n) is 26.8. The van der Waals surface area contributed by atoms with Crippen molar-refractivity contribution in [2.45, 2.75) is 98.9 Å². The number of nitrogens with one attached hydrogen (secondary N) is 2. The zero-order valence-corrected chi connectivity index (χ0v) is 26.8. The summed E-state index contributed by atoms with van der Waals surface area (Å²) in [5.41, 5.74) is 1.94. The molecule has 2 unspecified atom stereocenters. The molecule has 2 atom stereocenters. The Bertz CT molecular complexity index is 1430. The van der Waals surface area contributed by atoms with Gasteiger partial charge < -0.3 is 20.3 Å². The second-order valence-corrected chi connectivity index (χ2v) is 13.5. The molecule has 0 aliphatic carbocycles. The van der Waals surface area contributed by atoms with Gasteiger partial charge in [0.2, 0.25) is 5.91 Å². The van der Waals surface area contributed by atoms with Gasteiger partial charge in [0, 0.05) is 11.2 Å². The van der Waals surface area contributed by atoms with E-state index in [4.69, 9.17) is 4.74 Å². The topological polar surface area (TPSA) is 87.7 Å². The highest BCUT2D eigenvalue weighted by molar-refractivity contribution is 6.00. The third-order valence-corrected chi connectivity index (χ3v) is 7.03. The predicted molar refractivity (Wildman–Crippen MR) is 170 cm³/mol. The molecule has 3 rings (SSSR count). The van der Waals surface area contributed by atoms with E-state index in [2.05, 4.69) is 10.6 Å². The molecular formula is C35H47N3O4. The van der Waals surface area contributed by atoms with Crippen LogP contribution in [0.3, 0.4) is 0 Å². The first-order chi connectivity index (χ1) is 19.5. The summed E-state index contributed by atoms with van der Waals surface area (Å²) < 4.78 is 5.50. The Morgan fingerprint density at radius 1 is 0.833 bits per heavy atom. The van der Waals surface area contributed by atoms with E-state index < -0.39 is 29.3 Å². The van der Waals surface area contributed by atoms with Crippen LogP contribution in [0.25, 0.3) is 10.8 Å². The molecule has 0 heterocycles. The van der Waals surface area contributed by atoms with E-state index in [0.29, 0.717) is 17.7 Å². The Kier molecular flexibility index (Phi) is 10.1. The monoisotopic (exact) mass is 573 g/mol. The first-order valence-electron chi connectivity index (χ1n) is 14.7. The van der Waals surface area contributed by atoms with Crippen LogP contribution in [0.4, 0.5) is 10.5 Å². The van der Waals surface area contributed by atoms with Gasteiger partial charge in [-0.25, -0.2) is 4.79 Å². The number of alkyl carbamates (subject to hydrolysis) is 1. The standard InChI is InChI=1S/C35H47N3O4/c1-22(2)19-29(37-33(41)42-35(8,9)10)32(40)38(34(5,6)7)30(27-16-15-23(3)24(4)20-27)31(39)36-28-18-17-25-13-11-12-14-26(25)21-28/h11-18,20-22,29-30H,19H2,1-10H3,(H,36,39)(H,37,41). The average Bonchev–Trinajstić information content (AvgIpc) is 2.86. The maximum absolute atomic E-state index is 14.5. The van der Waals surface area contributed by atoms with Crippen LogP contribution in [-0.2, 0) is 14.3 Å². The molecule has 3 amide bonds. The number of benzene rings is 3. The van der Waals surface area contributed by atoms with Crippen LogP contribution in [-0.4, -0.2) is 40.0 Å². The molecule has 3 aromatic rings. The highest BCUT2D eigenvalue weighted by Gasteiger charge is 2.42. The second-order valence-electron chi connectivity index (χ2n) is 13.5. The Morgan fingerprint density at radius 2 is 1.48 bits per heavy atom. The quantitative estimate of drug-likeness (QED) is 0.289. The molecule has 0 aliphatic rings. The Morgan fingerprint density at radius 3 is 2.05 bits per heavy atom. The fraction of sp³-hybridized carbons (Fsp3) is 0.457. The minimum absolute atomic E-state index is 0.0993. The van der Waals surface area contributed by atoms with Crippen LogP contribution in [0.15, 0.2) is 60.7 Å². The van der Waals surface area contributed by atoms with E-state index in [0.717, 1.165) is 21.9 Å². The smallest absolute Gasteiger partial charge is 0.408 e. The Hall–Kier alpha value is -3.87. The molecule has 0 radical (unpaired) electrons. The fourth-order valence-corrected chi connectivity index (χ4v) is 4.99. The molecule has 0 fully saturated rings. The average molecular weight is 574 g/mol. The van der Waals surface area contributed by atoms with Crippen LogP contribution in [0.2, 0.25) is 0 Å². The number of aryl methyl sites for hydroxylation is 2. The molecule has 2 N–H and O–H groups in total. The molecule has 3 aromatic carbocycles. The number of fused-ring (bicyclic) bond motifs is 1. The van der Waals surface area contributed by atoms with Crippen molar-refractivity contribution in [2.24, 2.45) is 5.92 Å². The lowest BCUT2D eigenvalue weighted by Crippen LogP contribution is -2.58. The summed E-state index contributed by atoms with van der Waals surface area (Å²) in [7, 11) is 0. The number of amides is 3. The summed E-state index contributed by atoms with van der Waals surface area (Å²) in [6.07, 6.45) is -0.282. The minimum Gasteiger partial charge on any atom is -0.444 e. The van der Waals surface area contributed by atoms with Gasteiger partial charge in [-0.3, -0.25) is 9.59 Å².